The van der Waals surface area contributed by atoms with Gasteiger partial charge in [0, 0.05) is 21.8 Å². The highest BCUT2D eigenvalue weighted by Gasteiger charge is 2.23. The number of aliphatic hydroxyl groups is 1. The molecule has 1 heterocycles. The number of rotatable bonds is 4. The van der Waals surface area contributed by atoms with E-state index >= 15 is 0 Å². The van der Waals surface area contributed by atoms with E-state index in [0.717, 1.165) is 18.7 Å². The van der Waals surface area contributed by atoms with Crippen molar-refractivity contribution < 1.29 is 9.50 Å². The largest absolute Gasteiger partial charge is 0.387 e. The molecule has 0 amide bonds. The fraction of sp³-hybridized carbons (Fsp3) is 0.231. The molecule has 0 spiro atoms. The Kier molecular flexibility index (Phi) is 5.14. The Morgan fingerprint density at radius 2 is 1.89 bits per heavy atom. The summed E-state index contributed by atoms with van der Waals surface area (Å²) in [5, 5.41) is 10.4. The van der Waals surface area contributed by atoms with Crippen LogP contribution in [0.2, 0.25) is 0 Å². The summed E-state index contributed by atoms with van der Waals surface area (Å²) in [4.78, 5) is 0.818. The monoisotopic (exact) mass is 407 g/mol. The van der Waals surface area contributed by atoms with Crippen LogP contribution in [-0.4, -0.2) is 11.7 Å². The molecule has 2 nitrogen and oxygen atoms in total. The van der Waals surface area contributed by atoms with Crippen LogP contribution in [-0.2, 0) is 0 Å². The van der Waals surface area contributed by atoms with Crippen LogP contribution in [0.5, 0.6) is 0 Å². The Labute approximate surface area is 131 Å². The molecule has 1 aromatic carbocycles. The summed E-state index contributed by atoms with van der Waals surface area (Å²) in [5.74, 6) is -0.548. The van der Waals surface area contributed by atoms with Gasteiger partial charge >= 0.3 is 0 Å². The first-order chi connectivity index (χ1) is 9.02. The van der Waals surface area contributed by atoms with Crippen molar-refractivity contribution in [2.24, 2.45) is 5.73 Å². The van der Waals surface area contributed by atoms with E-state index in [0.29, 0.717) is 6.54 Å². The van der Waals surface area contributed by atoms with Crippen LogP contribution < -0.4 is 5.73 Å². The molecule has 0 aliphatic heterocycles. The van der Waals surface area contributed by atoms with Crippen molar-refractivity contribution in [2.75, 3.05) is 6.54 Å². The van der Waals surface area contributed by atoms with Gasteiger partial charge in [0.2, 0.25) is 0 Å². The Bertz CT molecular complexity index is 539. The number of thiophene rings is 1. The van der Waals surface area contributed by atoms with Crippen LogP contribution in [0.4, 0.5) is 4.39 Å². The smallest absolute Gasteiger partial charge is 0.123 e. The molecule has 0 aliphatic carbocycles. The van der Waals surface area contributed by atoms with Crippen molar-refractivity contribution in [2.45, 2.75) is 12.0 Å². The van der Waals surface area contributed by atoms with Crippen molar-refractivity contribution in [1.29, 1.82) is 0 Å². The minimum atomic E-state index is -0.705. The lowest BCUT2D eigenvalue weighted by Gasteiger charge is -2.20. The molecule has 0 fully saturated rings. The third kappa shape index (κ3) is 3.44. The molecular formula is C13H12Br2FNOS. The summed E-state index contributed by atoms with van der Waals surface area (Å²) in [7, 11) is 0. The molecule has 102 valence electrons. The molecule has 0 bridgehead atoms. The summed E-state index contributed by atoms with van der Waals surface area (Å²) in [6.45, 7) is 0.292. The van der Waals surface area contributed by atoms with Crippen LogP contribution in [0.1, 0.15) is 22.5 Å². The van der Waals surface area contributed by atoms with Gasteiger partial charge < -0.3 is 10.8 Å². The highest BCUT2D eigenvalue weighted by atomic mass is 79.9. The number of hydrogen-bond donors (Lipinski definition) is 2. The molecule has 0 saturated heterocycles. The van der Waals surface area contributed by atoms with E-state index < -0.39 is 6.10 Å². The number of hydrogen-bond acceptors (Lipinski definition) is 3. The van der Waals surface area contributed by atoms with Gasteiger partial charge in [0.05, 0.1) is 9.89 Å². The molecular weight excluding hydrogens is 397 g/mol. The lowest BCUT2D eigenvalue weighted by molar-refractivity contribution is 0.151. The average Bonchev–Trinajstić information content (AvgIpc) is 2.73. The van der Waals surface area contributed by atoms with Crippen molar-refractivity contribution in [3.8, 4) is 0 Å². The van der Waals surface area contributed by atoms with E-state index in [2.05, 4.69) is 31.9 Å². The highest BCUT2D eigenvalue weighted by Crippen LogP contribution is 2.40. The highest BCUT2D eigenvalue weighted by molar-refractivity contribution is 9.13. The SMILES string of the molecule is NCC(c1ccc(F)cc1)C(O)c1cc(Br)c(Br)s1. The molecule has 6 heteroatoms. The number of nitrogens with two attached hydrogens (primary N) is 1. The Morgan fingerprint density at radius 3 is 2.37 bits per heavy atom. The first-order valence-corrected chi connectivity index (χ1v) is 8.01. The van der Waals surface area contributed by atoms with Crippen LogP contribution in [0.3, 0.4) is 0 Å². The second kappa shape index (κ2) is 6.45. The van der Waals surface area contributed by atoms with E-state index in [1.807, 2.05) is 6.07 Å². The molecule has 2 aromatic rings. The van der Waals surface area contributed by atoms with Crippen molar-refractivity contribution in [3.05, 3.63) is 54.8 Å². The maximum atomic E-state index is 12.9. The third-order valence-corrected chi connectivity index (χ3v) is 6.22. The predicted octanol–water partition coefficient (Wildman–Crippen LogP) is 4.19. The van der Waals surface area contributed by atoms with Gasteiger partial charge in [-0.25, -0.2) is 4.39 Å². The first-order valence-electron chi connectivity index (χ1n) is 5.61. The second-order valence-electron chi connectivity index (χ2n) is 4.11. The molecule has 2 atom stereocenters. The molecule has 2 unspecified atom stereocenters. The molecule has 19 heavy (non-hydrogen) atoms. The molecule has 1 aromatic heterocycles. The lowest BCUT2D eigenvalue weighted by Crippen LogP contribution is -2.19. The summed E-state index contributed by atoms with van der Waals surface area (Å²) >= 11 is 8.25. The lowest BCUT2D eigenvalue weighted by atomic mass is 9.92. The normalized spacial score (nSPS) is 14.4. The minimum absolute atomic E-state index is 0.252. The van der Waals surface area contributed by atoms with Crippen molar-refractivity contribution in [3.63, 3.8) is 0 Å². The standard InChI is InChI=1S/C13H12Br2FNOS/c14-10-5-11(19-13(10)15)12(18)9(6-17)7-1-3-8(16)4-2-7/h1-5,9,12,18H,6,17H2. The minimum Gasteiger partial charge on any atom is -0.387 e. The van der Waals surface area contributed by atoms with Gasteiger partial charge in [-0.3, -0.25) is 0 Å². The topological polar surface area (TPSA) is 46.2 Å². The van der Waals surface area contributed by atoms with Crippen LogP contribution in [0, 0.1) is 5.82 Å². The third-order valence-electron chi connectivity index (χ3n) is 2.89. The fourth-order valence-corrected chi connectivity index (χ4v) is 4.01. The Hall–Kier alpha value is -0.270. The number of aliphatic hydroxyl groups excluding tert-OH is 1. The maximum absolute atomic E-state index is 12.9. The first kappa shape index (κ1) is 15.1. The fourth-order valence-electron chi connectivity index (χ4n) is 1.86. The zero-order valence-electron chi connectivity index (χ0n) is 9.82. The van der Waals surface area contributed by atoms with Gasteiger partial charge in [-0.05, 0) is 55.6 Å². The quantitative estimate of drug-likeness (QED) is 0.796. The zero-order valence-corrected chi connectivity index (χ0v) is 13.8. The van der Waals surface area contributed by atoms with E-state index in [1.165, 1.54) is 23.5 Å². The summed E-state index contributed by atoms with van der Waals surface area (Å²) in [5.41, 5.74) is 6.58. The van der Waals surface area contributed by atoms with Gasteiger partial charge in [-0.2, -0.15) is 0 Å². The molecule has 2 rings (SSSR count). The van der Waals surface area contributed by atoms with Gasteiger partial charge in [-0.15, -0.1) is 11.3 Å². The van der Waals surface area contributed by atoms with Gasteiger partial charge in [0.1, 0.15) is 5.82 Å². The van der Waals surface area contributed by atoms with Crippen molar-refractivity contribution in [1.82, 2.24) is 0 Å². The molecule has 0 aliphatic rings. The molecule has 0 radical (unpaired) electrons. The summed E-state index contributed by atoms with van der Waals surface area (Å²) in [6.07, 6.45) is -0.705. The van der Waals surface area contributed by atoms with E-state index in [-0.39, 0.29) is 11.7 Å². The number of benzene rings is 1. The molecule has 0 saturated carbocycles. The second-order valence-corrected chi connectivity index (χ2v) is 7.37. The molecule has 3 N–H and O–H groups in total. The summed E-state index contributed by atoms with van der Waals surface area (Å²) in [6, 6.07) is 7.95. The van der Waals surface area contributed by atoms with E-state index in [4.69, 9.17) is 5.73 Å². The average molecular weight is 409 g/mol. The van der Waals surface area contributed by atoms with Gasteiger partial charge in [0.25, 0.3) is 0 Å². The zero-order chi connectivity index (χ0) is 14.0. The Morgan fingerprint density at radius 1 is 1.26 bits per heavy atom. The van der Waals surface area contributed by atoms with Gasteiger partial charge in [-0.1, -0.05) is 12.1 Å². The Balaban J connectivity index is 2.28. The van der Waals surface area contributed by atoms with E-state index in [1.54, 1.807) is 12.1 Å². The predicted molar refractivity (Wildman–Crippen MR) is 82.9 cm³/mol. The van der Waals surface area contributed by atoms with Crippen LogP contribution >= 0.6 is 43.2 Å². The van der Waals surface area contributed by atoms with Crippen molar-refractivity contribution >= 4 is 43.2 Å². The van der Waals surface area contributed by atoms with Crippen LogP contribution in [0.15, 0.2) is 38.6 Å². The summed E-state index contributed by atoms with van der Waals surface area (Å²) < 4.78 is 14.8. The maximum Gasteiger partial charge on any atom is 0.123 e. The van der Waals surface area contributed by atoms with Crippen LogP contribution in [0.25, 0.3) is 0 Å². The van der Waals surface area contributed by atoms with E-state index in [9.17, 15) is 9.50 Å². The number of halogens is 3. The van der Waals surface area contributed by atoms with Gasteiger partial charge in [0.15, 0.2) is 0 Å².